The van der Waals surface area contributed by atoms with Crippen molar-refractivity contribution < 1.29 is 4.79 Å². The van der Waals surface area contributed by atoms with Crippen LogP contribution in [-0.2, 0) is 11.2 Å². The first kappa shape index (κ1) is 17.7. The van der Waals surface area contributed by atoms with Gasteiger partial charge < -0.3 is 4.90 Å². The van der Waals surface area contributed by atoms with Gasteiger partial charge in [0.05, 0.1) is 11.4 Å². The van der Waals surface area contributed by atoms with E-state index in [0.29, 0.717) is 10.9 Å². The lowest BCUT2D eigenvalue weighted by Gasteiger charge is -2.22. The van der Waals surface area contributed by atoms with Crippen LogP contribution in [0.3, 0.4) is 0 Å². The number of para-hydroxylation sites is 1. The van der Waals surface area contributed by atoms with Crippen LogP contribution in [0.2, 0.25) is 0 Å². The van der Waals surface area contributed by atoms with E-state index < -0.39 is 0 Å². The normalized spacial score (nSPS) is 15.6. The predicted octanol–water partition coefficient (Wildman–Crippen LogP) is 4.52. The van der Waals surface area contributed by atoms with E-state index in [0.717, 1.165) is 29.1 Å². The number of carbonyl (C=O) groups is 1. The van der Waals surface area contributed by atoms with Gasteiger partial charge in [-0.3, -0.25) is 4.79 Å². The molecule has 0 bridgehead atoms. The van der Waals surface area contributed by atoms with Crippen LogP contribution in [0.5, 0.6) is 0 Å². The lowest BCUT2D eigenvalue weighted by atomic mass is 10.1. The third-order valence-electron chi connectivity index (χ3n) is 4.70. The van der Waals surface area contributed by atoms with E-state index in [1.165, 1.54) is 17.3 Å². The lowest BCUT2D eigenvalue weighted by Crippen LogP contribution is -2.37. The molecule has 1 aromatic heterocycles. The molecule has 3 aromatic rings. The number of benzene rings is 2. The maximum absolute atomic E-state index is 12.9. The van der Waals surface area contributed by atoms with Crippen molar-refractivity contribution in [2.45, 2.75) is 31.5 Å². The second-order valence-corrected chi connectivity index (χ2v) is 7.72. The van der Waals surface area contributed by atoms with Gasteiger partial charge in [0, 0.05) is 23.0 Å². The zero-order valence-electron chi connectivity index (χ0n) is 15.4. The van der Waals surface area contributed by atoms with Crippen molar-refractivity contribution in [1.29, 1.82) is 0 Å². The number of fused-ring (bicyclic) bond motifs is 1. The van der Waals surface area contributed by atoms with Crippen molar-refractivity contribution in [3.8, 4) is 11.3 Å². The van der Waals surface area contributed by atoms with Crippen LogP contribution >= 0.6 is 11.8 Å². The quantitative estimate of drug-likeness (QED) is 0.497. The van der Waals surface area contributed by atoms with E-state index in [9.17, 15) is 4.79 Å². The summed E-state index contributed by atoms with van der Waals surface area (Å²) in [6.07, 6.45) is 0.908. The molecule has 4 nitrogen and oxygen atoms in total. The fourth-order valence-corrected chi connectivity index (χ4v) is 4.27. The number of thioether (sulfide) groups is 1. The molecule has 0 radical (unpaired) electrons. The highest BCUT2D eigenvalue weighted by atomic mass is 32.2. The van der Waals surface area contributed by atoms with E-state index >= 15 is 0 Å². The molecule has 1 amide bonds. The maximum atomic E-state index is 12.9. The van der Waals surface area contributed by atoms with E-state index in [1.807, 2.05) is 66.4 Å². The minimum absolute atomic E-state index is 0.101. The summed E-state index contributed by atoms with van der Waals surface area (Å²) in [5.41, 5.74) is 5.11. The van der Waals surface area contributed by atoms with Crippen molar-refractivity contribution in [2.24, 2.45) is 0 Å². The van der Waals surface area contributed by atoms with Crippen LogP contribution in [0, 0.1) is 6.92 Å². The summed E-state index contributed by atoms with van der Waals surface area (Å²) in [4.78, 5) is 23.9. The number of rotatable bonds is 4. The predicted molar refractivity (Wildman–Crippen MR) is 110 cm³/mol. The first-order valence-electron chi connectivity index (χ1n) is 9.05. The monoisotopic (exact) mass is 375 g/mol. The molecule has 1 aliphatic rings. The van der Waals surface area contributed by atoms with E-state index in [4.69, 9.17) is 0 Å². The number of amides is 1. The Balaban J connectivity index is 1.51. The van der Waals surface area contributed by atoms with Crippen molar-refractivity contribution in [2.75, 3.05) is 10.7 Å². The molecule has 136 valence electrons. The fraction of sp³-hybridized carbons (Fsp3) is 0.227. The van der Waals surface area contributed by atoms with Gasteiger partial charge in [-0.05, 0) is 38.0 Å². The summed E-state index contributed by atoms with van der Waals surface area (Å²) >= 11 is 1.40. The Labute approximate surface area is 163 Å². The van der Waals surface area contributed by atoms with Gasteiger partial charge in [0.15, 0.2) is 5.16 Å². The van der Waals surface area contributed by atoms with Gasteiger partial charge in [-0.15, -0.1) is 0 Å². The Kier molecular flexibility index (Phi) is 4.94. The Morgan fingerprint density at radius 1 is 1.11 bits per heavy atom. The van der Waals surface area contributed by atoms with Crippen LogP contribution in [0.15, 0.2) is 65.8 Å². The molecule has 0 unspecified atom stereocenters. The molecule has 27 heavy (non-hydrogen) atoms. The van der Waals surface area contributed by atoms with E-state index in [1.54, 1.807) is 0 Å². The average Bonchev–Trinajstić information content (AvgIpc) is 3.02. The SMILES string of the molecule is Cc1cc(-c2ccccc2)nc(SCC(=O)N2c3ccccc3C[C@@H]2C)n1. The van der Waals surface area contributed by atoms with Crippen LogP contribution in [0.1, 0.15) is 18.2 Å². The molecule has 0 saturated heterocycles. The Bertz CT molecular complexity index is 974. The number of hydrogen-bond donors (Lipinski definition) is 0. The van der Waals surface area contributed by atoms with Gasteiger partial charge in [-0.1, -0.05) is 60.3 Å². The Hall–Kier alpha value is -2.66. The number of anilines is 1. The van der Waals surface area contributed by atoms with Gasteiger partial charge in [-0.25, -0.2) is 9.97 Å². The van der Waals surface area contributed by atoms with Gasteiger partial charge >= 0.3 is 0 Å². The highest BCUT2D eigenvalue weighted by Gasteiger charge is 2.30. The molecule has 2 aromatic carbocycles. The third kappa shape index (κ3) is 3.74. The number of hydrogen-bond acceptors (Lipinski definition) is 4. The summed E-state index contributed by atoms with van der Waals surface area (Å²) in [7, 11) is 0. The van der Waals surface area contributed by atoms with Crippen LogP contribution in [0.4, 0.5) is 5.69 Å². The molecular formula is C22H21N3OS. The lowest BCUT2D eigenvalue weighted by molar-refractivity contribution is -0.116. The van der Waals surface area contributed by atoms with Crippen LogP contribution in [-0.4, -0.2) is 27.7 Å². The topological polar surface area (TPSA) is 46.1 Å². The summed E-state index contributed by atoms with van der Waals surface area (Å²) in [6, 6.07) is 20.3. The zero-order chi connectivity index (χ0) is 18.8. The second-order valence-electron chi connectivity index (χ2n) is 6.78. The van der Waals surface area contributed by atoms with Gasteiger partial charge in [0.2, 0.25) is 5.91 Å². The first-order chi connectivity index (χ1) is 13.1. The highest BCUT2D eigenvalue weighted by Crippen LogP contribution is 2.32. The summed E-state index contributed by atoms with van der Waals surface area (Å²) in [5, 5.41) is 0.641. The maximum Gasteiger partial charge on any atom is 0.237 e. The zero-order valence-corrected chi connectivity index (χ0v) is 16.2. The molecule has 0 N–H and O–H groups in total. The number of carbonyl (C=O) groups excluding carboxylic acids is 1. The molecule has 4 rings (SSSR count). The third-order valence-corrected chi connectivity index (χ3v) is 5.54. The molecule has 2 heterocycles. The van der Waals surface area contributed by atoms with Gasteiger partial charge in [0.25, 0.3) is 0 Å². The number of nitrogens with zero attached hydrogens (tertiary/aromatic N) is 3. The second kappa shape index (κ2) is 7.53. The standard InChI is InChI=1S/C22H21N3OS/c1-15-12-19(17-8-4-3-5-9-17)24-22(23-15)27-14-21(26)25-16(2)13-18-10-6-7-11-20(18)25/h3-12,16H,13-14H2,1-2H3/t16-/m0/s1. The van der Waals surface area contributed by atoms with Crippen molar-refractivity contribution in [1.82, 2.24) is 9.97 Å². The molecular weight excluding hydrogens is 354 g/mol. The summed E-state index contributed by atoms with van der Waals surface area (Å²) in [5.74, 6) is 0.430. The van der Waals surface area contributed by atoms with Crippen molar-refractivity contribution in [3.63, 3.8) is 0 Å². The summed E-state index contributed by atoms with van der Waals surface area (Å²) < 4.78 is 0. The fourth-order valence-electron chi connectivity index (χ4n) is 3.50. The van der Waals surface area contributed by atoms with Crippen molar-refractivity contribution in [3.05, 3.63) is 71.9 Å². The largest absolute Gasteiger partial charge is 0.308 e. The minimum Gasteiger partial charge on any atom is -0.308 e. The molecule has 1 atom stereocenters. The van der Waals surface area contributed by atoms with Crippen LogP contribution in [0.25, 0.3) is 11.3 Å². The molecule has 0 spiro atoms. The molecule has 0 fully saturated rings. The molecule has 0 aliphatic carbocycles. The van der Waals surface area contributed by atoms with E-state index in [2.05, 4.69) is 23.0 Å². The molecule has 1 aliphatic heterocycles. The van der Waals surface area contributed by atoms with Gasteiger partial charge in [0.1, 0.15) is 0 Å². The minimum atomic E-state index is 0.101. The smallest absolute Gasteiger partial charge is 0.237 e. The highest BCUT2D eigenvalue weighted by molar-refractivity contribution is 7.99. The Morgan fingerprint density at radius 2 is 1.85 bits per heavy atom. The number of aryl methyl sites for hydroxylation is 1. The van der Waals surface area contributed by atoms with Gasteiger partial charge in [-0.2, -0.15) is 0 Å². The van der Waals surface area contributed by atoms with E-state index in [-0.39, 0.29) is 11.9 Å². The Morgan fingerprint density at radius 3 is 2.67 bits per heavy atom. The average molecular weight is 375 g/mol. The molecule has 5 heteroatoms. The van der Waals surface area contributed by atoms with Crippen molar-refractivity contribution >= 4 is 23.4 Å². The summed E-state index contributed by atoms with van der Waals surface area (Å²) in [6.45, 7) is 4.05. The number of aromatic nitrogens is 2. The first-order valence-corrected chi connectivity index (χ1v) is 10.0. The van der Waals surface area contributed by atoms with Crippen LogP contribution < -0.4 is 4.90 Å². The molecule has 0 saturated carbocycles.